The molecule has 130 valence electrons. The summed E-state index contributed by atoms with van der Waals surface area (Å²) in [5.41, 5.74) is 2.70. The Kier molecular flexibility index (Phi) is 5.23. The molecule has 1 aromatic carbocycles. The van der Waals surface area contributed by atoms with Gasteiger partial charge in [0.05, 0.1) is 12.4 Å². The van der Waals surface area contributed by atoms with Gasteiger partial charge in [-0.25, -0.2) is 9.97 Å². The highest BCUT2D eigenvalue weighted by Gasteiger charge is 2.22. The normalized spacial score (nSPS) is 14.3. The van der Waals surface area contributed by atoms with Crippen LogP contribution in [0.25, 0.3) is 0 Å². The summed E-state index contributed by atoms with van der Waals surface area (Å²) in [6, 6.07) is 8.25. The van der Waals surface area contributed by atoms with Crippen molar-refractivity contribution in [3.8, 4) is 0 Å². The molecule has 0 aliphatic carbocycles. The van der Waals surface area contributed by atoms with Crippen molar-refractivity contribution < 1.29 is 9.59 Å². The number of amides is 2. The van der Waals surface area contributed by atoms with E-state index >= 15 is 0 Å². The minimum Gasteiger partial charge on any atom is -0.365 e. The maximum atomic E-state index is 12.4. The van der Waals surface area contributed by atoms with Gasteiger partial charge in [0.1, 0.15) is 11.5 Å². The maximum Gasteiger partial charge on any atom is 0.274 e. The minimum atomic E-state index is -0.150. The predicted molar refractivity (Wildman–Crippen MR) is 94.1 cm³/mol. The van der Waals surface area contributed by atoms with Gasteiger partial charge < -0.3 is 15.1 Å². The van der Waals surface area contributed by atoms with Crippen LogP contribution < -0.4 is 5.32 Å². The van der Waals surface area contributed by atoms with Crippen LogP contribution in [-0.2, 0) is 11.3 Å². The number of aromatic nitrogens is 2. The smallest absolute Gasteiger partial charge is 0.274 e. The van der Waals surface area contributed by atoms with Gasteiger partial charge in [-0.2, -0.15) is 0 Å². The van der Waals surface area contributed by atoms with Crippen LogP contribution >= 0.6 is 0 Å². The van der Waals surface area contributed by atoms with Crippen molar-refractivity contribution in [1.29, 1.82) is 0 Å². The Morgan fingerprint density at radius 2 is 1.84 bits per heavy atom. The van der Waals surface area contributed by atoms with Crippen LogP contribution in [0.15, 0.2) is 36.7 Å². The summed E-state index contributed by atoms with van der Waals surface area (Å²) < 4.78 is 0. The molecule has 0 radical (unpaired) electrons. The molecule has 1 N–H and O–H groups in total. The van der Waals surface area contributed by atoms with Crippen molar-refractivity contribution in [3.05, 3.63) is 53.5 Å². The molecule has 0 unspecified atom stereocenters. The molecule has 1 aliphatic heterocycles. The summed E-state index contributed by atoms with van der Waals surface area (Å²) >= 11 is 0. The summed E-state index contributed by atoms with van der Waals surface area (Å²) in [5.74, 6) is 0.478. The highest BCUT2D eigenvalue weighted by molar-refractivity contribution is 5.92. The molecule has 25 heavy (non-hydrogen) atoms. The van der Waals surface area contributed by atoms with Crippen molar-refractivity contribution in [1.82, 2.24) is 19.8 Å². The number of anilines is 1. The zero-order valence-corrected chi connectivity index (χ0v) is 14.2. The predicted octanol–water partition coefficient (Wildman–Crippen LogP) is 1.31. The first-order chi connectivity index (χ1) is 12.2. The summed E-state index contributed by atoms with van der Waals surface area (Å²) in [6.07, 6.45) is 3.88. The molecule has 0 saturated carbocycles. The van der Waals surface area contributed by atoms with Crippen LogP contribution in [0.1, 0.15) is 21.6 Å². The number of rotatable bonds is 5. The Bertz CT molecular complexity index is 722. The second kappa shape index (κ2) is 7.74. The minimum absolute atomic E-state index is 0.150. The van der Waals surface area contributed by atoms with Gasteiger partial charge in [0.15, 0.2) is 0 Å². The molecule has 7 nitrogen and oxygen atoms in total. The number of aryl methyl sites for hydroxylation is 1. The fourth-order valence-corrected chi connectivity index (χ4v) is 2.62. The van der Waals surface area contributed by atoms with Crippen LogP contribution in [0.5, 0.6) is 0 Å². The lowest BCUT2D eigenvalue weighted by Crippen LogP contribution is -2.48. The standard InChI is InChI=1S/C18H21N5O2/c1-14-2-4-15(5-3-14)10-20-17-12-19-16(11-21-17)18(25)23-8-6-22(13-24)7-9-23/h2-5,11-13H,6-10H2,1H3,(H,20,21). The number of nitrogens with one attached hydrogen (secondary N) is 1. The third-order valence-corrected chi connectivity index (χ3v) is 4.22. The second-order valence-electron chi connectivity index (χ2n) is 6.06. The molecule has 0 spiro atoms. The van der Waals surface area contributed by atoms with Crippen LogP contribution in [0.2, 0.25) is 0 Å². The monoisotopic (exact) mass is 339 g/mol. The average molecular weight is 339 g/mol. The maximum absolute atomic E-state index is 12.4. The summed E-state index contributed by atoms with van der Waals surface area (Å²) in [7, 11) is 0. The van der Waals surface area contributed by atoms with Gasteiger partial charge in [0, 0.05) is 32.7 Å². The van der Waals surface area contributed by atoms with E-state index in [9.17, 15) is 9.59 Å². The zero-order valence-electron chi connectivity index (χ0n) is 14.2. The Balaban J connectivity index is 1.55. The van der Waals surface area contributed by atoms with Gasteiger partial charge in [-0.15, -0.1) is 0 Å². The van der Waals surface area contributed by atoms with Crippen LogP contribution in [0.3, 0.4) is 0 Å². The Labute approximate surface area is 146 Å². The zero-order chi connectivity index (χ0) is 17.6. The average Bonchev–Trinajstić information content (AvgIpc) is 2.67. The van der Waals surface area contributed by atoms with E-state index in [-0.39, 0.29) is 5.91 Å². The fraction of sp³-hybridized carbons (Fsp3) is 0.333. The Hall–Kier alpha value is -2.96. The molecule has 0 bridgehead atoms. The van der Waals surface area contributed by atoms with Gasteiger partial charge in [0.25, 0.3) is 5.91 Å². The van der Waals surface area contributed by atoms with E-state index in [1.807, 2.05) is 0 Å². The molecule has 3 rings (SSSR count). The van der Waals surface area contributed by atoms with E-state index < -0.39 is 0 Å². The Morgan fingerprint density at radius 1 is 1.12 bits per heavy atom. The van der Waals surface area contributed by atoms with Gasteiger partial charge >= 0.3 is 0 Å². The number of hydrogen-bond acceptors (Lipinski definition) is 5. The molecule has 1 saturated heterocycles. The van der Waals surface area contributed by atoms with Crippen molar-refractivity contribution in [3.63, 3.8) is 0 Å². The van der Waals surface area contributed by atoms with Gasteiger partial charge in [-0.3, -0.25) is 9.59 Å². The number of carbonyl (C=O) groups is 2. The van der Waals surface area contributed by atoms with Crippen molar-refractivity contribution in [2.45, 2.75) is 13.5 Å². The third-order valence-electron chi connectivity index (χ3n) is 4.22. The molecule has 1 fully saturated rings. The first kappa shape index (κ1) is 16.9. The molecule has 2 amide bonds. The van der Waals surface area contributed by atoms with E-state index in [0.717, 1.165) is 12.0 Å². The van der Waals surface area contributed by atoms with Crippen molar-refractivity contribution in [2.75, 3.05) is 31.5 Å². The summed E-state index contributed by atoms with van der Waals surface area (Å²) in [6.45, 7) is 4.85. The quantitative estimate of drug-likeness (QED) is 0.831. The summed E-state index contributed by atoms with van der Waals surface area (Å²) in [4.78, 5) is 35.0. The van der Waals surface area contributed by atoms with E-state index in [1.54, 1.807) is 16.0 Å². The van der Waals surface area contributed by atoms with E-state index in [0.29, 0.717) is 44.2 Å². The molecule has 1 aromatic heterocycles. The van der Waals surface area contributed by atoms with Crippen LogP contribution in [-0.4, -0.2) is 58.3 Å². The van der Waals surface area contributed by atoms with Gasteiger partial charge in [0.2, 0.25) is 6.41 Å². The van der Waals surface area contributed by atoms with Crippen LogP contribution in [0.4, 0.5) is 5.82 Å². The lowest BCUT2D eigenvalue weighted by Gasteiger charge is -2.32. The number of piperazine rings is 1. The lowest BCUT2D eigenvalue weighted by atomic mass is 10.1. The SMILES string of the molecule is Cc1ccc(CNc2cnc(C(=O)N3CCN(C=O)CC3)cn2)cc1. The molecule has 2 aromatic rings. The highest BCUT2D eigenvalue weighted by Crippen LogP contribution is 2.09. The summed E-state index contributed by atoms with van der Waals surface area (Å²) in [5, 5.41) is 3.20. The molecule has 1 aliphatic rings. The third kappa shape index (κ3) is 4.32. The second-order valence-corrected chi connectivity index (χ2v) is 6.06. The molecular formula is C18H21N5O2. The van der Waals surface area contributed by atoms with Gasteiger partial charge in [-0.05, 0) is 12.5 Å². The van der Waals surface area contributed by atoms with Crippen LogP contribution in [0, 0.1) is 6.92 Å². The number of carbonyl (C=O) groups excluding carboxylic acids is 2. The number of hydrogen-bond donors (Lipinski definition) is 1. The lowest BCUT2D eigenvalue weighted by molar-refractivity contribution is -0.119. The topological polar surface area (TPSA) is 78.4 Å². The molecule has 7 heteroatoms. The Morgan fingerprint density at radius 3 is 2.44 bits per heavy atom. The van der Waals surface area contributed by atoms with E-state index in [1.165, 1.54) is 11.8 Å². The number of nitrogens with zero attached hydrogens (tertiary/aromatic N) is 4. The first-order valence-electron chi connectivity index (χ1n) is 8.26. The fourth-order valence-electron chi connectivity index (χ4n) is 2.62. The van der Waals surface area contributed by atoms with Crippen molar-refractivity contribution >= 4 is 18.1 Å². The number of benzene rings is 1. The molecule has 0 atom stereocenters. The molecule has 2 heterocycles. The highest BCUT2D eigenvalue weighted by atomic mass is 16.2. The first-order valence-corrected chi connectivity index (χ1v) is 8.26. The van der Waals surface area contributed by atoms with E-state index in [2.05, 4.69) is 46.5 Å². The van der Waals surface area contributed by atoms with Gasteiger partial charge in [-0.1, -0.05) is 29.8 Å². The largest absolute Gasteiger partial charge is 0.365 e. The van der Waals surface area contributed by atoms with E-state index in [4.69, 9.17) is 0 Å². The molecular weight excluding hydrogens is 318 g/mol. The van der Waals surface area contributed by atoms with Crippen molar-refractivity contribution in [2.24, 2.45) is 0 Å².